The molecule has 0 saturated carbocycles. The molecular formula is C18H14ClN3O3. The molecule has 0 spiro atoms. The van der Waals surface area contributed by atoms with Crippen LogP contribution >= 0.6 is 11.6 Å². The molecule has 1 saturated heterocycles. The van der Waals surface area contributed by atoms with Gasteiger partial charge in [0.2, 0.25) is 5.91 Å². The third kappa shape index (κ3) is 3.44. The number of urea groups is 1. The molecule has 1 N–H and O–H groups in total. The maximum atomic E-state index is 12.7. The van der Waals surface area contributed by atoms with Crippen molar-refractivity contribution in [2.24, 2.45) is 10.9 Å². The Morgan fingerprint density at radius 1 is 1.08 bits per heavy atom. The topological polar surface area (TPSA) is 78.8 Å². The Hall–Kier alpha value is -2.99. The van der Waals surface area contributed by atoms with Gasteiger partial charge < -0.3 is 0 Å². The molecule has 6 nitrogen and oxygen atoms in total. The summed E-state index contributed by atoms with van der Waals surface area (Å²) in [5.41, 5.74) is 1.89. The van der Waals surface area contributed by atoms with Crippen molar-refractivity contribution in [3.8, 4) is 0 Å². The van der Waals surface area contributed by atoms with E-state index in [-0.39, 0.29) is 0 Å². The Morgan fingerprint density at radius 3 is 2.44 bits per heavy atom. The van der Waals surface area contributed by atoms with Crippen molar-refractivity contribution in [1.29, 1.82) is 0 Å². The van der Waals surface area contributed by atoms with E-state index < -0.39 is 23.8 Å². The Labute approximate surface area is 149 Å². The SMILES string of the molecule is Cc1ccccc1N=C[C@H]1C(=O)NC(=O)N(c2ccc(Cl)cc2)C1=O. The number of carbonyl (C=O) groups excluding carboxylic acids is 3. The zero-order chi connectivity index (χ0) is 18.0. The number of aryl methyl sites for hydroxylation is 1. The van der Waals surface area contributed by atoms with E-state index in [9.17, 15) is 14.4 Å². The first-order valence-corrected chi connectivity index (χ1v) is 7.89. The van der Waals surface area contributed by atoms with Crippen LogP contribution in [0, 0.1) is 12.8 Å². The lowest BCUT2D eigenvalue weighted by Gasteiger charge is -2.28. The van der Waals surface area contributed by atoms with Gasteiger partial charge in [-0.05, 0) is 42.8 Å². The van der Waals surface area contributed by atoms with Crippen molar-refractivity contribution in [1.82, 2.24) is 5.32 Å². The molecule has 1 heterocycles. The summed E-state index contributed by atoms with van der Waals surface area (Å²) < 4.78 is 0. The highest BCUT2D eigenvalue weighted by atomic mass is 35.5. The first-order chi connectivity index (χ1) is 12.0. The fourth-order valence-corrected chi connectivity index (χ4v) is 2.55. The number of para-hydroxylation sites is 1. The predicted octanol–water partition coefficient (Wildman–Crippen LogP) is 3.25. The third-order valence-electron chi connectivity index (χ3n) is 3.77. The van der Waals surface area contributed by atoms with Gasteiger partial charge in [-0.1, -0.05) is 29.8 Å². The van der Waals surface area contributed by atoms with Crippen molar-refractivity contribution in [3.63, 3.8) is 0 Å². The average Bonchev–Trinajstić information content (AvgIpc) is 2.57. The van der Waals surface area contributed by atoms with E-state index in [0.29, 0.717) is 16.4 Å². The Bertz CT molecular complexity index is 877. The summed E-state index contributed by atoms with van der Waals surface area (Å²) >= 11 is 5.83. The number of aliphatic imine (C=N–C) groups is 1. The monoisotopic (exact) mass is 355 g/mol. The van der Waals surface area contributed by atoms with Crippen LogP contribution in [-0.2, 0) is 9.59 Å². The van der Waals surface area contributed by atoms with E-state index >= 15 is 0 Å². The van der Waals surface area contributed by atoms with Gasteiger partial charge in [-0.15, -0.1) is 0 Å². The fourth-order valence-electron chi connectivity index (χ4n) is 2.42. The largest absolute Gasteiger partial charge is 0.335 e. The summed E-state index contributed by atoms with van der Waals surface area (Å²) in [5, 5.41) is 2.65. The number of imide groups is 2. The molecular weight excluding hydrogens is 342 g/mol. The van der Waals surface area contributed by atoms with Crippen molar-refractivity contribution in [2.45, 2.75) is 6.92 Å². The van der Waals surface area contributed by atoms with Crippen molar-refractivity contribution >= 4 is 47.0 Å². The maximum Gasteiger partial charge on any atom is 0.335 e. The van der Waals surface area contributed by atoms with Crippen LogP contribution in [-0.4, -0.2) is 24.1 Å². The summed E-state index contributed by atoms with van der Waals surface area (Å²) in [6, 6.07) is 12.7. The van der Waals surface area contributed by atoms with Gasteiger partial charge in [0.05, 0.1) is 11.4 Å². The lowest BCUT2D eigenvalue weighted by atomic mass is 10.1. The second-order valence-corrected chi connectivity index (χ2v) is 5.92. The molecule has 7 heteroatoms. The summed E-state index contributed by atoms with van der Waals surface area (Å²) in [5.74, 6) is -2.54. The Balaban J connectivity index is 1.90. The molecule has 0 bridgehead atoms. The second kappa shape index (κ2) is 6.86. The molecule has 1 aliphatic rings. The van der Waals surface area contributed by atoms with Crippen LogP contribution in [0.5, 0.6) is 0 Å². The van der Waals surface area contributed by atoms with Gasteiger partial charge in [0.1, 0.15) is 0 Å². The van der Waals surface area contributed by atoms with E-state index in [0.717, 1.165) is 10.5 Å². The number of nitrogens with zero attached hydrogens (tertiary/aromatic N) is 2. The van der Waals surface area contributed by atoms with E-state index in [4.69, 9.17) is 11.6 Å². The summed E-state index contributed by atoms with van der Waals surface area (Å²) in [6.45, 7) is 1.87. The molecule has 0 aliphatic carbocycles. The standard InChI is InChI=1S/C18H14ClN3O3/c1-11-4-2-3-5-15(11)20-10-14-16(23)21-18(25)22(17(14)24)13-8-6-12(19)7-9-13/h2-10,14H,1H3,(H,21,23,25)/t14-/m0/s1. The molecule has 2 aromatic rings. The number of rotatable bonds is 3. The summed E-state index contributed by atoms with van der Waals surface area (Å²) in [4.78, 5) is 41.9. The molecule has 126 valence electrons. The molecule has 0 radical (unpaired) electrons. The number of benzene rings is 2. The van der Waals surface area contributed by atoms with Gasteiger partial charge in [0.15, 0.2) is 5.92 Å². The third-order valence-corrected chi connectivity index (χ3v) is 4.02. The van der Waals surface area contributed by atoms with Crippen LogP contribution in [0.15, 0.2) is 53.5 Å². The molecule has 25 heavy (non-hydrogen) atoms. The highest BCUT2D eigenvalue weighted by Gasteiger charge is 2.40. The van der Waals surface area contributed by atoms with Gasteiger partial charge in [0.25, 0.3) is 5.91 Å². The number of barbiturate groups is 1. The predicted molar refractivity (Wildman–Crippen MR) is 95.3 cm³/mol. The number of hydrogen-bond donors (Lipinski definition) is 1. The van der Waals surface area contributed by atoms with Crippen molar-refractivity contribution in [3.05, 3.63) is 59.1 Å². The lowest BCUT2D eigenvalue weighted by molar-refractivity contribution is -0.131. The quantitative estimate of drug-likeness (QED) is 0.678. The number of carbonyl (C=O) groups is 3. The van der Waals surface area contributed by atoms with E-state index in [1.165, 1.54) is 18.3 Å². The average molecular weight is 356 g/mol. The fraction of sp³-hybridized carbons (Fsp3) is 0.111. The van der Waals surface area contributed by atoms with E-state index in [1.54, 1.807) is 18.2 Å². The molecule has 1 atom stereocenters. The Morgan fingerprint density at radius 2 is 1.76 bits per heavy atom. The normalized spacial score (nSPS) is 17.9. The van der Waals surface area contributed by atoms with Crippen molar-refractivity contribution < 1.29 is 14.4 Å². The lowest BCUT2D eigenvalue weighted by Crippen LogP contribution is -2.58. The minimum absolute atomic E-state index is 0.327. The van der Waals surface area contributed by atoms with Gasteiger partial charge in [-0.2, -0.15) is 0 Å². The number of amides is 4. The van der Waals surface area contributed by atoms with Gasteiger partial charge in [-0.3, -0.25) is 19.9 Å². The van der Waals surface area contributed by atoms with Crippen LogP contribution in [0.2, 0.25) is 5.02 Å². The molecule has 3 rings (SSSR count). The zero-order valence-corrected chi connectivity index (χ0v) is 14.0. The van der Waals surface area contributed by atoms with Gasteiger partial charge >= 0.3 is 6.03 Å². The van der Waals surface area contributed by atoms with E-state index in [1.807, 2.05) is 25.1 Å². The second-order valence-electron chi connectivity index (χ2n) is 5.49. The first kappa shape index (κ1) is 16.9. The summed E-state index contributed by atoms with van der Waals surface area (Å²) in [7, 11) is 0. The smallest absolute Gasteiger partial charge is 0.276 e. The minimum atomic E-state index is -1.19. The summed E-state index contributed by atoms with van der Waals surface area (Å²) in [6.07, 6.45) is 1.26. The number of anilines is 1. The molecule has 0 unspecified atom stereocenters. The molecule has 4 amide bonds. The molecule has 2 aromatic carbocycles. The highest BCUT2D eigenvalue weighted by Crippen LogP contribution is 2.23. The van der Waals surface area contributed by atoms with Crippen LogP contribution in [0.1, 0.15) is 5.56 Å². The van der Waals surface area contributed by atoms with Crippen molar-refractivity contribution in [2.75, 3.05) is 4.90 Å². The van der Waals surface area contributed by atoms with Crippen LogP contribution in [0.3, 0.4) is 0 Å². The maximum absolute atomic E-state index is 12.7. The Kier molecular flexibility index (Phi) is 4.63. The first-order valence-electron chi connectivity index (χ1n) is 7.51. The zero-order valence-electron chi connectivity index (χ0n) is 13.3. The van der Waals surface area contributed by atoms with E-state index in [2.05, 4.69) is 10.3 Å². The highest BCUT2D eigenvalue weighted by molar-refractivity contribution is 6.33. The van der Waals surface area contributed by atoms with Crippen LogP contribution in [0.4, 0.5) is 16.2 Å². The minimum Gasteiger partial charge on any atom is -0.276 e. The number of halogens is 1. The van der Waals surface area contributed by atoms with Crippen LogP contribution in [0.25, 0.3) is 0 Å². The number of hydrogen-bond acceptors (Lipinski definition) is 4. The molecule has 1 aliphatic heterocycles. The van der Waals surface area contributed by atoms with Gasteiger partial charge in [0, 0.05) is 11.2 Å². The van der Waals surface area contributed by atoms with Gasteiger partial charge in [-0.25, -0.2) is 9.69 Å². The van der Waals surface area contributed by atoms with Crippen LogP contribution < -0.4 is 10.2 Å². The molecule has 0 aromatic heterocycles. The number of nitrogens with one attached hydrogen (secondary N) is 1. The molecule has 1 fully saturated rings.